The molecule has 5 nitrogen and oxygen atoms in total. The number of halogens is 1. The molecule has 1 amide bonds. The highest BCUT2D eigenvalue weighted by atomic mass is 19.1. The molecule has 6 heteroatoms. The number of rotatable bonds is 4. The topological polar surface area (TPSA) is 81.4 Å². The van der Waals surface area contributed by atoms with Gasteiger partial charge < -0.3 is 15.8 Å². The van der Waals surface area contributed by atoms with Crippen LogP contribution in [0.4, 0.5) is 15.8 Å². The Morgan fingerprint density at radius 1 is 1.47 bits per heavy atom. The lowest BCUT2D eigenvalue weighted by Crippen LogP contribution is -2.18. The van der Waals surface area contributed by atoms with Crippen LogP contribution >= 0.6 is 0 Å². The molecule has 0 aliphatic rings. The normalized spacial score (nSPS) is 9.76. The van der Waals surface area contributed by atoms with E-state index in [-0.39, 0.29) is 18.0 Å². The van der Waals surface area contributed by atoms with Crippen LogP contribution in [0.3, 0.4) is 0 Å². The molecule has 0 aliphatic heterocycles. The molecule has 0 aromatic heterocycles. The van der Waals surface area contributed by atoms with E-state index in [1.54, 1.807) is 6.92 Å². The lowest BCUT2D eigenvalue weighted by atomic mass is 10.2. The zero-order valence-corrected chi connectivity index (χ0v) is 9.33. The number of anilines is 2. The van der Waals surface area contributed by atoms with Gasteiger partial charge in [0.05, 0.1) is 18.0 Å². The van der Waals surface area contributed by atoms with Gasteiger partial charge in [-0.1, -0.05) is 0 Å². The highest BCUT2D eigenvalue weighted by molar-refractivity contribution is 6.03. The van der Waals surface area contributed by atoms with Crippen LogP contribution in [0.1, 0.15) is 13.3 Å². The van der Waals surface area contributed by atoms with Crippen LogP contribution < -0.4 is 11.1 Å². The molecule has 0 fully saturated rings. The van der Waals surface area contributed by atoms with Crippen molar-refractivity contribution >= 4 is 23.3 Å². The lowest BCUT2D eigenvalue weighted by Gasteiger charge is -2.07. The maximum atomic E-state index is 12.7. The predicted molar refractivity (Wildman–Crippen MR) is 60.7 cm³/mol. The van der Waals surface area contributed by atoms with Crippen molar-refractivity contribution in [3.05, 3.63) is 24.0 Å². The first kappa shape index (κ1) is 13.0. The number of esters is 1. The van der Waals surface area contributed by atoms with Gasteiger partial charge in [0, 0.05) is 0 Å². The Kier molecular flexibility index (Phi) is 4.45. The number of hydrogen-bond acceptors (Lipinski definition) is 4. The Morgan fingerprint density at radius 3 is 2.76 bits per heavy atom. The van der Waals surface area contributed by atoms with Crippen LogP contribution in [0.25, 0.3) is 0 Å². The first-order valence-corrected chi connectivity index (χ1v) is 5.03. The maximum absolute atomic E-state index is 12.7. The standard InChI is InChI=1S/C11H13FN2O3/c1-2-17-11(16)6-10(15)14-9-4-3-7(12)5-8(9)13/h3-5H,2,6,13H2,1H3,(H,14,15). The summed E-state index contributed by atoms with van der Waals surface area (Å²) in [6, 6.07) is 3.57. The van der Waals surface area contributed by atoms with Crippen LogP contribution in [-0.4, -0.2) is 18.5 Å². The van der Waals surface area contributed by atoms with Gasteiger partial charge in [-0.3, -0.25) is 9.59 Å². The van der Waals surface area contributed by atoms with Gasteiger partial charge in [-0.15, -0.1) is 0 Å². The third-order valence-corrected chi connectivity index (χ3v) is 1.90. The fourth-order valence-corrected chi connectivity index (χ4v) is 1.18. The summed E-state index contributed by atoms with van der Waals surface area (Å²) in [5.74, 6) is -1.67. The molecule has 0 radical (unpaired) electrons. The monoisotopic (exact) mass is 240 g/mol. The number of ether oxygens (including phenoxy) is 1. The highest BCUT2D eigenvalue weighted by Crippen LogP contribution is 2.19. The minimum Gasteiger partial charge on any atom is -0.466 e. The summed E-state index contributed by atoms with van der Waals surface area (Å²) in [6.45, 7) is 1.86. The maximum Gasteiger partial charge on any atom is 0.315 e. The number of nitrogens with two attached hydrogens (primary N) is 1. The number of carbonyl (C=O) groups is 2. The van der Waals surface area contributed by atoms with Crippen molar-refractivity contribution in [2.45, 2.75) is 13.3 Å². The van der Waals surface area contributed by atoms with Gasteiger partial charge in [-0.05, 0) is 25.1 Å². The number of nitrogen functional groups attached to an aromatic ring is 1. The van der Waals surface area contributed by atoms with Crippen LogP contribution in [0, 0.1) is 5.82 Å². The molecule has 1 rings (SSSR count). The zero-order chi connectivity index (χ0) is 12.8. The van der Waals surface area contributed by atoms with Gasteiger partial charge in [0.15, 0.2) is 0 Å². The molecule has 92 valence electrons. The summed E-state index contributed by atoms with van der Waals surface area (Å²) < 4.78 is 17.3. The van der Waals surface area contributed by atoms with Crippen molar-refractivity contribution in [3.8, 4) is 0 Å². The number of carbonyl (C=O) groups excluding carboxylic acids is 2. The van der Waals surface area contributed by atoms with Crippen LogP contribution in [0.5, 0.6) is 0 Å². The summed E-state index contributed by atoms with van der Waals surface area (Å²) in [6.07, 6.45) is -0.398. The Balaban J connectivity index is 2.59. The fraction of sp³-hybridized carbons (Fsp3) is 0.273. The van der Waals surface area contributed by atoms with E-state index < -0.39 is 24.1 Å². The fourth-order valence-electron chi connectivity index (χ4n) is 1.18. The van der Waals surface area contributed by atoms with Gasteiger partial charge >= 0.3 is 5.97 Å². The van der Waals surface area contributed by atoms with Crippen molar-refractivity contribution in [1.29, 1.82) is 0 Å². The van der Waals surface area contributed by atoms with Crippen molar-refractivity contribution in [3.63, 3.8) is 0 Å². The molecule has 0 saturated carbocycles. The predicted octanol–water partition coefficient (Wildman–Crippen LogP) is 1.30. The van der Waals surface area contributed by atoms with Crippen LogP contribution in [-0.2, 0) is 14.3 Å². The van der Waals surface area contributed by atoms with Gasteiger partial charge in [0.2, 0.25) is 5.91 Å². The third kappa shape index (κ3) is 4.10. The Labute approximate surface area is 97.7 Å². The molecule has 0 atom stereocenters. The van der Waals surface area contributed by atoms with Gasteiger partial charge in [-0.2, -0.15) is 0 Å². The Hall–Kier alpha value is -2.11. The van der Waals surface area contributed by atoms with E-state index in [1.165, 1.54) is 6.07 Å². The summed E-state index contributed by atoms with van der Waals surface area (Å²) in [4.78, 5) is 22.4. The quantitative estimate of drug-likeness (QED) is 0.472. The van der Waals surface area contributed by atoms with Gasteiger partial charge in [-0.25, -0.2) is 4.39 Å². The summed E-state index contributed by atoms with van der Waals surface area (Å²) in [5.41, 5.74) is 5.85. The number of hydrogen-bond donors (Lipinski definition) is 2. The van der Waals surface area contributed by atoms with E-state index in [0.717, 1.165) is 12.1 Å². The molecule has 3 N–H and O–H groups in total. The van der Waals surface area contributed by atoms with E-state index in [2.05, 4.69) is 10.1 Å². The van der Waals surface area contributed by atoms with Crippen molar-refractivity contribution in [1.82, 2.24) is 0 Å². The van der Waals surface area contributed by atoms with Crippen molar-refractivity contribution < 1.29 is 18.7 Å². The summed E-state index contributed by atoms with van der Waals surface area (Å²) in [7, 11) is 0. The molecule has 0 spiro atoms. The summed E-state index contributed by atoms with van der Waals surface area (Å²) >= 11 is 0. The lowest BCUT2D eigenvalue weighted by molar-refractivity contribution is -0.145. The van der Waals surface area contributed by atoms with E-state index >= 15 is 0 Å². The second-order valence-corrected chi connectivity index (χ2v) is 3.26. The van der Waals surface area contributed by atoms with E-state index in [4.69, 9.17) is 5.73 Å². The van der Waals surface area contributed by atoms with Gasteiger partial charge in [0.25, 0.3) is 0 Å². The average Bonchev–Trinajstić information content (AvgIpc) is 2.22. The number of nitrogens with one attached hydrogen (secondary N) is 1. The number of amides is 1. The Bertz CT molecular complexity index is 435. The minimum absolute atomic E-state index is 0.0993. The Morgan fingerprint density at radius 2 is 2.18 bits per heavy atom. The van der Waals surface area contributed by atoms with Crippen LogP contribution in [0.15, 0.2) is 18.2 Å². The third-order valence-electron chi connectivity index (χ3n) is 1.90. The molecule has 0 bridgehead atoms. The van der Waals surface area contributed by atoms with Crippen molar-refractivity contribution in [2.24, 2.45) is 0 Å². The summed E-state index contributed by atoms with van der Waals surface area (Å²) in [5, 5.41) is 2.40. The SMILES string of the molecule is CCOC(=O)CC(=O)Nc1ccc(F)cc1N. The highest BCUT2D eigenvalue weighted by Gasteiger charge is 2.11. The first-order valence-electron chi connectivity index (χ1n) is 5.03. The molecule has 0 heterocycles. The zero-order valence-electron chi connectivity index (χ0n) is 9.33. The molecule has 17 heavy (non-hydrogen) atoms. The average molecular weight is 240 g/mol. The van der Waals surface area contributed by atoms with E-state index in [9.17, 15) is 14.0 Å². The van der Waals surface area contributed by atoms with E-state index in [1.807, 2.05) is 0 Å². The van der Waals surface area contributed by atoms with Gasteiger partial charge in [0.1, 0.15) is 12.2 Å². The molecule has 0 saturated heterocycles. The van der Waals surface area contributed by atoms with Crippen molar-refractivity contribution in [2.75, 3.05) is 17.7 Å². The largest absolute Gasteiger partial charge is 0.466 e. The van der Waals surface area contributed by atoms with Crippen LogP contribution in [0.2, 0.25) is 0 Å². The molecule has 1 aromatic rings. The molecule has 1 aromatic carbocycles. The number of benzene rings is 1. The minimum atomic E-state index is -0.620. The smallest absolute Gasteiger partial charge is 0.315 e. The molecule has 0 unspecified atom stereocenters. The second kappa shape index (κ2) is 5.83. The first-order chi connectivity index (χ1) is 8.02. The molecule has 0 aliphatic carbocycles. The van der Waals surface area contributed by atoms with E-state index in [0.29, 0.717) is 0 Å². The second-order valence-electron chi connectivity index (χ2n) is 3.26. The molecular weight excluding hydrogens is 227 g/mol. The molecular formula is C11H13FN2O3.